The summed E-state index contributed by atoms with van der Waals surface area (Å²) in [7, 11) is 0. The third-order valence-corrected chi connectivity index (χ3v) is 4.18. The maximum absolute atomic E-state index is 11.8. The fraction of sp³-hybridized carbons (Fsp3) is 0.227. The topological polar surface area (TPSA) is 82.6 Å². The SMILES string of the molecule is CCOc1ccc(-c2ccc(OCCNC(=O)COc3cccc(Cl)c3)nn2)cc1. The molecule has 3 aromatic rings. The Labute approximate surface area is 179 Å². The summed E-state index contributed by atoms with van der Waals surface area (Å²) in [5.41, 5.74) is 1.67. The van der Waals surface area contributed by atoms with Gasteiger partial charge >= 0.3 is 0 Å². The molecule has 1 amide bonds. The summed E-state index contributed by atoms with van der Waals surface area (Å²) in [6.07, 6.45) is 0. The van der Waals surface area contributed by atoms with Gasteiger partial charge in [0.2, 0.25) is 5.88 Å². The molecule has 0 saturated heterocycles. The van der Waals surface area contributed by atoms with Gasteiger partial charge in [0.25, 0.3) is 5.91 Å². The molecule has 0 bridgehead atoms. The number of ether oxygens (including phenoxy) is 3. The number of hydrogen-bond acceptors (Lipinski definition) is 6. The van der Waals surface area contributed by atoms with Crippen LogP contribution in [0, 0.1) is 0 Å². The molecule has 8 heteroatoms. The smallest absolute Gasteiger partial charge is 0.258 e. The van der Waals surface area contributed by atoms with Crippen LogP contribution in [0.2, 0.25) is 5.02 Å². The van der Waals surface area contributed by atoms with Crippen LogP contribution in [-0.2, 0) is 4.79 Å². The fourth-order valence-electron chi connectivity index (χ4n) is 2.54. The average molecular weight is 428 g/mol. The fourth-order valence-corrected chi connectivity index (χ4v) is 2.72. The minimum Gasteiger partial charge on any atom is -0.494 e. The van der Waals surface area contributed by atoms with Gasteiger partial charge in [-0.2, -0.15) is 0 Å². The molecule has 2 aromatic carbocycles. The van der Waals surface area contributed by atoms with Gasteiger partial charge < -0.3 is 19.5 Å². The Hall–Kier alpha value is -3.32. The average Bonchev–Trinajstić information content (AvgIpc) is 2.77. The maximum Gasteiger partial charge on any atom is 0.258 e. The van der Waals surface area contributed by atoms with E-state index in [1.807, 2.05) is 37.3 Å². The van der Waals surface area contributed by atoms with Crippen molar-refractivity contribution in [3.05, 3.63) is 65.7 Å². The molecule has 1 N–H and O–H groups in total. The lowest BCUT2D eigenvalue weighted by Crippen LogP contribution is -2.32. The zero-order valence-corrected chi connectivity index (χ0v) is 17.3. The molecule has 1 aromatic heterocycles. The number of nitrogens with zero attached hydrogens (tertiary/aromatic N) is 2. The van der Waals surface area contributed by atoms with Gasteiger partial charge in [0.1, 0.15) is 18.1 Å². The molecule has 0 aliphatic rings. The number of rotatable bonds is 10. The van der Waals surface area contributed by atoms with Gasteiger partial charge in [-0.15, -0.1) is 10.2 Å². The van der Waals surface area contributed by atoms with Crippen molar-refractivity contribution in [2.24, 2.45) is 0 Å². The second kappa shape index (κ2) is 11.0. The number of benzene rings is 2. The molecule has 7 nitrogen and oxygen atoms in total. The Kier molecular flexibility index (Phi) is 7.86. The summed E-state index contributed by atoms with van der Waals surface area (Å²) < 4.78 is 16.3. The highest BCUT2D eigenvalue weighted by Crippen LogP contribution is 2.21. The lowest BCUT2D eigenvalue weighted by Gasteiger charge is -2.09. The largest absolute Gasteiger partial charge is 0.494 e. The zero-order valence-electron chi connectivity index (χ0n) is 16.5. The molecular formula is C22H22ClN3O4. The number of aromatic nitrogens is 2. The number of carbonyl (C=O) groups excluding carboxylic acids is 1. The van der Waals surface area contributed by atoms with E-state index in [9.17, 15) is 4.79 Å². The standard InChI is InChI=1S/C22H22ClN3O4/c1-2-28-18-8-6-16(7-9-18)20-10-11-22(26-25-20)29-13-12-24-21(27)15-30-19-5-3-4-17(23)14-19/h3-11,14H,2,12-13,15H2,1H3,(H,24,27). The highest BCUT2D eigenvalue weighted by Gasteiger charge is 2.05. The molecule has 0 atom stereocenters. The predicted octanol–water partition coefficient (Wildman–Crippen LogP) is 3.77. The van der Waals surface area contributed by atoms with Crippen molar-refractivity contribution in [2.75, 3.05) is 26.4 Å². The van der Waals surface area contributed by atoms with E-state index in [1.165, 1.54) is 0 Å². The van der Waals surface area contributed by atoms with E-state index in [4.69, 9.17) is 25.8 Å². The quantitative estimate of drug-likeness (QED) is 0.496. The van der Waals surface area contributed by atoms with Gasteiger partial charge in [0.15, 0.2) is 6.61 Å². The van der Waals surface area contributed by atoms with Crippen LogP contribution in [0.1, 0.15) is 6.92 Å². The third-order valence-electron chi connectivity index (χ3n) is 3.94. The van der Waals surface area contributed by atoms with Gasteiger partial charge in [-0.1, -0.05) is 17.7 Å². The summed E-state index contributed by atoms with van der Waals surface area (Å²) in [6, 6.07) is 18.1. The molecule has 0 radical (unpaired) electrons. The lowest BCUT2D eigenvalue weighted by atomic mass is 10.1. The van der Waals surface area contributed by atoms with Crippen LogP contribution in [0.25, 0.3) is 11.3 Å². The second-order valence-corrected chi connectivity index (χ2v) is 6.60. The van der Waals surface area contributed by atoms with Crippen molar-refractivity contribution in [1.82, 2.24) is 15.5 Å². The molecule has 0 spiro atoms. The van der Waals surface area contributed by atoms with E-state index in [0.717, 1.165) is 17.0 Å². The number of nitrogens with one attached hydrogen (secondary N) is 1. The summed E-state index contributed by atoms with van der Waals surface area (Å²) in [5.74, 6) is 1.48. The first-order valence-corrected chi connectivity index (χ1v) is 9.86. The van der Waals surface area contributed by atoms with E-state index >= 15 is 0 Å². The van der Waals surface area contributed by atoms with Crippen molar-refractivity contribution in [3.8, 4) is 28.6 Å². The van der Waals surface area contributed by atoms with Gasteiger partial charge in [-0.25, -0.2) is 0 Å². The number of hydrogen-bond donors (Lipinski definition) is 1. The summed E-state index contributed by atoms with van der Waals surface area (Å²) in [6.45, 7) is 3.05. The van der Waals surface area contributed by atoms with Crippen molar-refractivity contribution in [1.29, 1.82) is 0 Å². The molecule has 30 heavy (non-hydrogen) atoms. The number of carbonyl (C=O) groups is 1. The van der Waals surface area contributed by atoms with Crippen LogP contribution in [0.5, 0.6) is 17.4 Å². The van der Waals surface area contributed by atoms with Crippen LogP contribution < -0.4 is 19.5 Å². The molecule has 0 unspecified atom stereocenters. The van der Waals surface area contributed by atoms with Crippen LogP contribution in [0.15, 0.2) is 60.7 Å². The second-order valence-electron chi connectivity index (χ2n) is 6.16. The minimum atomic E-state index is -0.254. The molecular weight excluding hydrogens is 406 g/mol. The molecule has 1 heterocycles. The van der Waals surface area contributed by atoms with Crippen molar-refractivity contribution >= 4 is 17.5 Å². The van der Waals surface area contributed by atoms with Crippen LogP contribution in [-0.4, -0.2) is 42.5 Å². The molecule has 0 aliphatic carbocycles. The van der Waals surface area contributed by atoms with Crippen LogP contribution >= 0.6 is 11.6 Å². The van der Waals surface area contributed by atoms with E-state index in [0.29, 0.717) is 29.8 Å². The number of amides is 1. The summed E-state index contributed by atoms with van der Waals surface area (Å²) in [5, 5.41) is 11.5. The zero-order chi connectivity index (χ0) is 21.2. The van der Waals surface area contributed by atoms with E-state index < -0.39 is 0 Å². The summed E-state index contributed by atoms with van der Waals surface area (Å²) in [4.78, 5) is 11.8. The van der Waals surface area contributed by atoms with E-state index in [-0.39, 0.29) is 19.1 Å². The van der Waals surface area contributed by atoms with Crippen molar-refractivity contribution in [2.45, 2.75) is 6.92 Å². The summed E-state index contributed by atoms with van der Waals surface area (Å²) >= 11 is 5.87. The van der Waals surface area contributed by atoms with Crippen LogP contribution in [0.4, 0.5) is 0 Å². The Bertz CT molecular complexity index is 949. The van der Waals surface area contributed by atoms with Crippen molar-refractivity contribution in [3.63, 3.8) is 0 Å². The molecule has 156 valence electrons. The highest BCUT2D eigenvalue weighted by atomic mass is 35.5. The first-order chi connectivity index (χ1) is 14.6. The highest BCUT2D eigenvalue weighted by molar-refractivity contribution is 6.30. The Morgan fingerprint density at radius 1 is 0.967 bits per heavy atom. The van der Waals surface area contributed by atoms with E-state index in [1.54, 1.807) is 30.3 Å². The molecule has 0 fully saturated rings. The molecule has 0 saturated carbocycles. The molecule has 0 aliphatic heterocycles. The third kappa shape index (κ3) is 6.63. The first kappa shape index (κ1) is 21.4. The monoisotopic (exact) mass is 427 g/mol. The van der Waals surface area contributed by atoms with Gasteiger partial charge in [-0.3, -0.25) is 4.79 Å². The Morgan fingerprint density at radius 2 is 1.80 bits per heavy atom. The number of halogens is 1. The first-order valence-electron chi connectivity index (χ1n) is 9.49. The van der Waals surface area contributed by atoms with Crippen molar-refractivity contribution < 1.29 is 19.0 Å². The Morgan fingerprint density at radius 3 is 2.50 bits per heavy atom. The predicted molar refractivity (Wildman–Crippen MR) is 114 cm³/mol. The Balaban J connectivity index is 1.38. The maximum atomic E-state index is 11.8. The van der Waals surface area contributed by atoms with Crippen LogP contribution in [0.3, 0.4) is 0 Å². The normalized spacial score (nSPS) is 10.3. The lowest BCUT2D eigenvalue weighted by molar-refractivity contribution is -0.123. The van der Waals surface area contributed by atoms with Gasteiger partial charge in [0, 0.05) is 16.7 Å². The minimum absolute atomic E-state index is 0.100. The van der Waals surface area contributed by atoms with Gasteiger partial charge in [-0.05, 0) is 55.5 Å². The molecule has 3 rings (SSSR count). The van der Waals surface area contributed by atoms with E-state index in [2.05, 4.69) is 15.5 Å². The van der Waals surface area contributed by atoms with Gasteiger partial charge in [0.05, 0.1) is 18.8 Å².